The van der Waals surface area contributed by atoms with E-state index in [1.54, 1.807) is 20.2 Å². The summed E-state index contributed by atoms with van der Waals surface area (Å²) in [4.78, 5) is 40.7. The lowest BCUT2D eigenvalue weighted by molar-refractivity contribution is -0.148. The van der Waals surface area contributed by atoms with Gasteiger partial charge in [0, 0.05) is 22.6 Å². The summed E-state index contributed by atoms with van der Waals surface area (Å²) in [7, 11) is 3.17. The SMILES string of the molecule is Cc1ccc(C#Cc2ccc(O)c3c2C[C@@H]2C[C@@H]4[C@@H](N(C)C)C(O)=C(C(N)=O)C(=O)[C@]4(O)C(O)=C2C3=O)cc1. The quantitative estimate of drug-likeness (QED) is 0.291. The van der Waals surface area contributed by atoms with E-state index in [0.29, 0.717) is 11.1 Å². The second-order valence-corrected chi connectivity index (χ2v) is 10.6. The molecule has 0 spiro atoms. The molecule has 6 N–H and O–H groups in total. The summed E-state index contributed by atoms with van der Waals surface area (Å²) in [5, 5.41) is 44.5. The number of nitrogens with zero attached hydrogens (tertiary/aromatic N) is 1. The zero-order valence-corrected chi connectivity index (χ0v) is 21.6. The highest BCUT2D eigenvalue weighted by atomic mass is 16.3. The van der Waals surface area contributed by atoms with E-state index < -0.39 is 58.0 Å². The molecule has 0 aromatic heterocycles. The van der Waals surface area contributed by atoms with Crippen LogP contribution in [-0.4, -0.2) is 68.5 Å². The molecule has 9 nitrogen and oxygen atoms in total. The number of carbonyl (C=O) groups excluding carboxylic acids is 3. The van der Waals surface area contributed by atoms with E-state index in [1.807, 2.05) is 31.2 Å². The number of fused-ring (bicyclic) bond motifs is 3. The molecular formula is C30H28N2O7. The molecule has 1 amide bonds. The summed E-state index contributed by atoms with van der Waals surface area (Å²) in [5.41, 5.74) is 4.47. The number of rotatable bonds is 2. The Morgan fingerprint density at radius 2 is 1.72 bits per heavy atom. The zero-order valence-electron chi connectivity index (χ0n) is 21.6. The van der Waals surface area contributed by atoms with Gasteiger partial charge < -0.3 is 26.2 Å². The number of allylic oxidation sites excluding steroid dienone is 1. The molecule has 0 radical (unpaired) electrons. The number of hydrogen-bond donors (Lipinski definition) is 5. The maximum absolute atomic E-state index is 13.8. The number of ketones is 2. The highest BCUT2D eigenvalue weighted by molar-refractivity contribution is 6.24. The molecule has 5 rings (SSSR count). The van der Waals surface area contributed by atoms with Crippen LogP contribution in [0.15, 0.2) is 59.1 Å². The third kappa shape index (κ3) is 3.83. The van der Waals surface area contributed by atoms with Crippen LogP contribution in [0.5, 0.6) is 5.75 Å². The van der Waals surface area contributed by atoms with Gasteiger partial charge in [-0.3, -0.25) is 19.3 Å². The number of carbonyl (C=O) groups is 3. The molecule has 0 unspecified atom stereocenters. The standard InChI is InChI=1S/C30H28N2O7/c1-14-4-6-15(7-5-14)8-9-16-10-11-20(33)22-18(16)12-17-13-19-24(32(2)3)26(35)23(29(31)38)28(37)30(19,39)27(36)21(17)25(22)34/h4-7,10-11,17,19,24,33,35-36,39H,12-13H2,1-3H3,(H2,31,38)/t17-,19-,24-,30-/m1/s1. The number of nitrogens with two attached hydrogens (primary N) is 1. The first-order valence-electron chi connectivity index (χ1n) is 12.5. The van der Waals surface area contributed by atoms with Crippen LogP contribution in [0.2, 0.25) is 0 Å². The van der Waals surface area contributed by atoms with Gasteiger partial charge in [-0.1, -0.05) is 29.5 Å². The van der Waals surface area contributed by atoms with Crippen molar-refractivity contribution in [2.24, 2.45) is 17.6 Å². The number of amides is 1. The van der Waals surface area contributed by atoms with Crippen LogP contribution in [0, 0.1) is 30.6 Å². The lowest BCUT2D eigenvalue weighted by atomic mass is 9.58. The lowest BCUT2D eigenvalue weighted by Crippen LogP contribution is -2.63. The molecule has 2 aromatic rings. The van der Waals surface area contributed by atoms with Crippen molar-refractivity contribution in [1.29, 1.82) is 0 Å². The third-order valence-electron chi connectivity index (χ3n) is 8.00. The maximum Gasteiger partial charge on any atom is 0.255 e. The van der Waals surface area contributed by atoms with Gasteiger partial charge in [0.2, 0.25) is 5.78 Å². The minimum absolute atomic E-state index is 0.0201. The molecule has 0 heterocycles. The summed E-state index contributed by atoms with van der Waals surface area (Å²) in [6.45, 7) is 1.97. The second-order valence-electron chi connectivity index (χ2n) is 10.6. The van der Waals surface area contributed by atoms with Crippen molar-refractivity contribution in [2.45, 2.75) is 31.4 Å². The Labute approximate surface area is 224 Å². The van der Waals surface area contributed by atoms with E-state index in [1.165, 1.54) is 11.0 Å². The van der Waals surface area contributed by atoms with Crippen molar-refractivity contribution in [1.82, 2.24) is 4.90 Å². The summed E-state index contributed by atoms with van der Waals surface area (Å²) >= 11 is 0. The van der Waals surface area contributed by atoms with E-state index in [-0.39, 0.29) is 29.7 Å². The average Bonchev–Trinajstić information content (AvgIpc) is 2.86. The van der Waals surface area contributed by atoms with E-state index in [2.05, 4.69) is 11.8 Å². The van der Waals surface area contributed by atoms with Crippen LogP contribution in [0.4, 0.5) is 0 Å². The number of phenolic OH excluding ortho intramolecular Hbond substituents is 1. The van der Waals surface area contributed by atoms with Gasteiger partial charge in [0.1, 0.15) is 22.8 Å². The Hall–Kier alpha value is -4.39. The summed E-state index contributed by atoms with van der Waals surface area (Å²) < 4.78 is 0. The smallest absolute Gasteiger partial charge is 0.255 e. The summed E-state index contributed by atoms with van der Waals surface area (Å²) in [6, 6.07) is 9.54. The second kappa shape index (κ2) is 9.12. The number of aliphatic hydroxyl groups is 3. The summed E-state index contributed by atoms with van der Waals surface area (Å²) in [6.07, 6.45) is 0.201. The predicted octanol–water partition coefficient (Wildman–Crippen LogP) is 1.83. The van der Waals surface area contributed by atoms with Crippen LogP contribution in [0.1, 0.15) is 39.0 Å². The number of hydrogen-bond acceptors (Lipinski definition) is 8. The van der Waals surface area contributed by atoms with E-state index in [4.69, 9.17) is 5.73 Å². The molecule has 3 aliphatic carbocycles. The van der Waals surface area contributed by atoms with Crippen molar-refractivity contribution in [3.8, 4) is 17.6 Å². The van der Waals surface area contributed by atoms with Gasteiger partial charge in [-0.2, -0.15) is 0 Å². The molecule has 2 aromatic carbocycles. The molecule has 9 heteroatoms. The third-order valence-corrected chi connectivity index (χ3v) is 8.00. The van der Waals surface area contributed by atoms with Gasteiger partial charge >= 0.3 is 0 Å². The topological polar surface area (TPSA) is 161 Å². The zero-order chi connectivity index (χ0) is 28.4. The van der Waals surface area contributed by atoms with Crippen molar-refractivity contribution in [2.75, 3.05) is 14.1 Å². The fourth-order valence-corrected chi connectivity index (χ4v) is 6.14. The van der Waals surface area contributed by atoms with Crippen LogP contribution >= 0.6 is 0 Å². The minimum Gasteiger partial charge on any atom is -0.510 e. The number of phenols is 1. The molecule has 39 heavy (non-hydrogen) atoms. The number of aliphatic hydroxyl groups excluding tert-OH is 2. The monoisotopic (exact) mass is 528 g/mol. The maximum atomic E-state index is 13.8. The van der Waals surface area contributed by atoms with Crippen LogP contribution in [0.25, 0.3) is 0 Å². The van der Waals surface area contributed by atoms with E-state index in [0.717, 1.165) is 11.1 Å². The number of benzene rings is 2. The normalized spacial score (nSPS) is 26.0. The fourth-order valence-electron chi connectivity index (χ4n) is 6.14. The van der Waals surface area contributed by atoms with Crippen LogP contribution < -0.4 is 5.73 Å². The Kier molecular flexibility index (Phi) is 6.13. The molecule has 0 saturated heterocycles. The van der Waals surface area contributed by atoms with Gasteiger partial charge in [0.25, 0.3) is 5.91 Å². The lowest BCUT2D eigenvalue weighted by Gasteiger charge is -2.50. The highest BCUT2D eigenvalue weighted by Crippen LogP contribution is 2.52. The summed E-state index contributed by atoms with van der Waals surface area (Å²) in [5.74, 6) is -0.653. The average molecular weight is 529 g/mol. The first-order chi connectivity index (χ1) is 18.4. The molecule has 0 bridgehead atoms. The number of Topliss-reactive ketones (excluding diaryl/α,β-unsaturated/α-hetero) is 2. The van der Waals surface area contributed by atoms with Crippen molar-refractivity contribution < 1.29 is 34.8 Å². The molecule has 200 valence electrons. The fraction of sp³-hybridized carbons (Fsp3) is 0.300. The Balaban J connectivity index is 1.66. The van der Waals surface area contributed by atoms with Crippen LogP contribution in [-0.2, 0) is 16.0 Å². The van der Waals surface area contributed by atoms with Crippen molar-refractivity contribution in [3.05, 3.63) is 86.9 Å². The molecular weight excluding hydrogens is 500 g/mol. The Morgan fingerprint density at radius 1 is 1.05 bits per heavy atom. The number of likely N-dealkylation sites (N-methyl/N-ethyl adjacent to an activating group) is 1. The Bertz CT molecular complexity index is 1570. The van der Waals surface area contributed by atoms with Gasteiger partial charge in [-0.25, -0.2) is 0 Å². The van der Waals surface area contributed by atoms with Gasteiger partial charge in [-0.05, 0) is 69.6 Å². The molecule has 3 aliphatic rings. The Morgan fingerprint density at radius 3 is 2.33 bits per heavy atom. The number of primary amides is 1. The van der Waals surface area contributed by atoms with Gasteiger partial charge in [-0.15, -0.1) is 0 Å². The first kappa shape index (κ1) is 26.2. The molecule has 0 aliphatic heterocycles. The van der Waals surface area contributed by atoms with Crippen LogP contribution in [0.3, 0.4) is 0 Å². The number of aryl methyl sites for hydroxylation is 1. The van der Waals surface area contributed by atoms with E-state index >= 15 is 0 Å². The predicted molar refractivity (Wildman–Crippen MR) is 141 cm³/mol. The van der Waals surface area contributed by atoms with Crippen molar-refractivity contribution in [3.63, 3.8) is 0 Å². The van der Waals surface area contributed by atoms with Crippen molar-refractivity contribution >= 4 is 17.5 Å². The van der Waals surface area contributed by atoms with E-state index in [9.17, 15) is 34.8 Å². The van der Waals surface area contributed by atoms with Gasteiger partial charge in [0.15, 0.2) is 11.4 Å². The van der Waals surface area contributed by atoms with Gasteiger partial charge in [0.05, 0.1) is 11.6 Å². The number of aromatic hydroxyl groups is 1. The highest BCUT2D eigenvalue weighted by Gasteiger charge is 2.63. The first-order valence-corrected chi connectivity index (χ1v) is 12.5. The largest absolute Gasteiger partial charge is 0.510 e. The molecule has 0 fully saturated rings. The minimum atomic E-state index is -2.66. The molecule has 0 saturated carbocycles. The molecule has 4 atom stereocenters.